The lowest BCUT2D eigenvalue weighted by Crippen LogP contribution is -2.49. The van der Waals surface area contributed by atoms with Crippen LogP contribution in [-0.4, -0.2) is 51.1 Å². The zero-order chi connectivity index (χ0) is 17.1. The fourth-order valence-electron chi connectivity index (χ4n) is 3.26. The molecule has 1 atom stereocenters. The maximum absolute atomic E-state index is 12.6. The van der Waals surface area contributed by atoms with Gasteiger partial charge in [-0.05, 0) is 24.6 Å². The van der Waals surface area contributed by atoms with Gasteiger partial charge in [-0.3, -0.25) is 9.59 Å². The molecule has 2 aliphatic heterocycles. The molecule has 6 heteroatoms. The summed E-state index contributed by atoms with van der Waals surface area (Å²) in [6, 6.07) is 7.26. The summed E-state index contributed by atoms with van der Waals surface area (Å²) >= 11 is 0. The van der Waals surface area contributed by atoms with E-state index in [1.807, 2.05) is 29.2 Å². The van der Waals surface area contributed by atoms with Crippen LogP contribution < -0.4 is 15.0 Å². The zero-order valence-electron chi connectivity index (χ0n) is 14.0. The van der Waals surface area contributed by atoms with E-state index in [-0.39, 0.29) is 11.8 Å². The predicted molar refractivity (Wildman–Crippen MR) is 90.3 cm³/mol. The highest BCUT2D eigenvalue weighted by molar-refractivity contribution is 6.02. The quantitative estimate of drug-likeness (QED) is 0.840. The minimum Gasteiger partial charge on any atom is -0.495 e. The van der Waals surface area contributed by atoms with Crippen LogP contribution in [0.3, 0.4) is 0 Å². The molecule has 24 heavy (non-hydrogen) atoms. The van der Waals surface area contributed by atoms with Gasteiger partial charge in [0.25, 0.3) is 0 Å². The van der Waals surface area contributed by atoms with Crippen molar-refractivity contribution in [2.75, 3.05) is 38.3 Å². The fraction of sp³-hybridized carbons (Fsp3) is 0.444. The molecule has 2 aliphatic rings. The molecular formula is C18H22N2O4. The molecule has 0 spiro atoms. The van der Waals surface area contributed by atoms with Crippen LogP contribution in [0.15, 0.2) is 35.4 Å². The van der Waals surface area contributed by atoms with Gasteiger partial charge in [0, 0.05) is 25.1 Å². The molecule has 1 aromatic carbocycles. The Morgan fingerprint density at radius 2 is 2.12 bits per heavy atom. The summed E-state index contributed by atoms with van der Waals surface area (Å²) in [5, 5.41) is 3.18. The largest absolute Gasteiger partial charge is 0.495 e. The van der Waals surface area contributed by atoms with Gasteiger partial charge in [-0.25, -0.2) is 0 Å². The molecule has 0 aliphatic carbocycles. The monoisotopic (exact) mass is 330 g/mol. The third-order valence-electron chi connectivity index (χ3n) is 4.45. The minimum absolute atomic E-state index is 0.0676. The molecule has 1 N–H and O–H groups in total. The van der Waals surface area contributed by atoms with Gasteiger partial charge in [-0.1, -0.05) is 12.1 Å². The Hall–Kier alpha value is -2.34. The summed E-state index contributed by atoms with van der Waals surface area (Å²) in [4.78, 5) is 26.5. The van der Waals surface area contributed by atoms with Crippen LogP contribution in [0, 0.1) is 0 Å². The van der Waals surface area contributed by atoms with Gasteiger partial charge >= 0.3 is 5.97 Å². The second-order valence-corrected chi connectivity index (χ2v) is 5.92. The summed E-state index contributed by atoms with van der Waals surface area (Å²) in [6.45, 7) is 3.61. The van der Waals surface area contributed by atoms with E-state index >= 15 is 0 Å². The van der Waals surface area contributed by atoms with Crippen molar-refractivity contribution < 1.29 is 19.1 Å². The third-order valence-corrected chi connectivity index (χ3v) is 4.45. The van der Waals surface area contributed by atoms with E-state index in [9.17, 15) is 9.59 Å². The van der Waals surface area contributed by atoms with E-state index in [1.54, 1.807) is 14.0 Å². The molecule has 0 radical (unpaired) electrons. The molecule has 3 rings (SSSR count). The van der Waals surface area contributed by atoms with Gasteiger partial charge in [-0.2, -0.15) is 0 Å². The van der Waals surface area contributed by atoms with Crippen LogP contribution in [0.2, 0.25) is 0 Å². The molecular weight excluding hydrogens is 308 g/mol. The number of Topliss-reactive ketones (excluding diaryl/α,β-unsaturated/α-hetero) is 1. The highest BCUT2D eigenvalue weighted by Gasteiger charge is 2.34. The number of ether oxygens (including phenoxy) is 2. The minimum atomic E-state index is -0.425. The number of nitrogens with zero attached hydrogens (tertiary/aromatic N) is 1. The number of rotatable bonds is 4. The molecule has 0 saturated carbocycles. The first-order valence-corrected chi connectivity index (χ1v) is 8.16. The molecule has 0 amide bonds. The molecule has 0 aromatic heterocycles. The molecule has 0 bridgehead atoms. The van der Waals surface area contributed by atoms with Crippen molar-refractivity contribution in [3.05, 3.63) is 35.4 Å². The topological polar surface area (TPSA) is 67.9 Å². The van der Waals surface area contributed by atoms with Crippen molar-refractivity contribution in [1.82, 2.24) is 5.32 Å². The summed E-state index contributed by atoms with van der Waals surface area (Å²) in [7, 11) is 1.63. The number of hydrogen-bond donors (Lipinski definition) is 1. The van der Waals surface area contributed by atoms with Crippen LogP contribution in [0.1, 0.15) is 13.3 Å². The fourth-order valence-corrected chi connectivity index (χ4v) is 3.26. The van der Waals surface area contributed by atoms with Gasteiger partial charge < -0.3 is 19.7 Å². The Balaban J connectivity index is 1.80. The molecule has 6 nitrogen and oxygen atoms in total. The normalized spacial score (nSPS) is 20.7. The van der Waals surface area contributed by atoms with Gasteiger partial charge in [0.1, 0.15) is 11.8 Å². The number of para-hydroxylation sites is 2. The van der Waals surface area contributed by atoms with E-state index in [4.69, 9.17) is 9.47 Å². The Labute approximate surface area is 141 Å². The molecule has 1 aromatic rings. The van der Waals surface area contributed by atoms with Crippen molar-refractivity contribution in [1.29, 1.82) is 0 Å². The molecule has 0 fully saturated rings. The van der Waals surface area contributed by atoms with Crippen LogP contribution >= 0.6 is 0 Å². The summed E-state index contributed by atoms with van der Waals surface area (Å²) < 4.78 is 10.5. The number of ketones is 1. The van der Waals surface area contributed by atoms with Crippen LogP contribution in [0.4, 0.5) is 5.69 Å². The van der Waals surface area contributed by atoms with Gasteiger partial charge in [0.2, 0.25) is 0 Å². The number of methoxy groups -OCH3 is 1. The number of carbonyl (C=O) groups excluding carboxylic acids is 2. The molecule has 128 valence electrons. The lowest BCUT2D eigenvalue weighted by atomic mass is 9.89. The van der Waals surface area contributed by atoms with E-state index in [2.05, 4.69) is 5.32 Å². The van der Waals surface area contributed by atoms with Crippen molar-refractivity contribution in [2.24, 2.45) is 0 Å². The maximum atomic E-state index is 12.6. The van der Waals surface area contributed by atoms with E-state index in [0.717, 1.165) is 22.6 Å². The summed E-state index contributed by atoms with van der Waals surface area (Å²) in [5.74, 6) is 0.532. The van der Waals surface area contributed by atoms with Crippen molar-refractivity contribution in [2.45, 2.75) is 19.4 Å². The average Bonchev–Trinajstić information content (AvgIpc) is 2.61. The lowest BCUT2D eigenvalue weighted by Gasteiger charge is -2.36. The van der Waals surface area contributed by atoms with Crippen LogP contribution in [0.25, 0.3) is 0 Å². The van der Waals surface area contributed by atoms with E-state index < -0.39 is 6.04 Å². The first-order chi connectivity index (χ1) is 11.6. The highest BCUT2D eigenvalue weighted by Crippen LogP contribution is 2.32. The van der Waals surface area contributed by atoms with Crippen LogP contribution in [-0.2, 0) is 14.3 Å². The zero-order valence-corrected chi connectivity index (χ0v) is 14.0. The van der Waals surface area contributed by atoms with E-state index in [0.29, 0.717) is 32.7 Å². The lowest BCUT2D eigenvalue weighted by molar-refractivity contribution is -0.145. The Kier molecular flexibility index (Phi) is 4.85. The molecule has 1 unspecified atom stereocenters. The number of nitrogens with one attached hydrogen (secondary N) is 1. The molecule has 0 saturated heterocycles. The van der Waals surface area contributed by atoms with Crippen molar-refractivity contribution in [3.63, 3.8) is 0 Å². The standard InChI is InChI=1S/C18H22N2O4/c1-3-24-18(22)14-8-13-12(9-19-14)10-20(11-16(13)21)15-6-4-5-7-17(15)23-2/h4-7,14,19H,3,8-11H2,1-2H3. The second kappa shape index (κ2) is 7.05. The summed E-state index contributed by atoms with van der Waals surface area (Å²) in [6.07, 6.45) is 0.409. The van der Waals surface area contributed by atoms with Crippen molar-refractivity contribution in [3.8, 4) is 5.75 Å². The summed E-state index contributed by atoms with van der Waals surface area (Å²) in [5.41, 5.74) is 2.73. The maximum Gasteiger partial charge on any atom is 0.323 e. The number of carbonyl (C=O) groups is 2. The predicted octanol–water partition coefficient (Wildman–Crippen LogP) is 1.31. The Bertz CT molecular complexity index is 683. The SMILES string of the molecule is CCOC(=O)C1CC2=C(CN1)CN(c1ccccc1OC)CC2=O. The number of anilines is 1. The van der Waals surface area contributed by atoms with Crippen LogP contribution in [0.5, 0.6) is 5.75 Å². The number of hydrogen-bond acceptors (Lipinski definition) is 6. The first-order valence-electron chi connectivity index (χ1n) is 8.16. The van der Waals surface area contributed by atoms with Gasteiger partial charge in [0.15, 0.2) is 5.78 Å². The van der Waals surface area contributed by atoms with E-state index in [1.165, 1.54) is 0 Å². The highest BCUT2D eigenvalue weighted by atomic mass is 16.5. The Morgan fingerprint density at radius 3 is 2.88 bits per heavy atom. The number of esters is 1. The number of benzene rings is 1. The Morgan fingerprint density at radius 1 is 1.33 bits per heavy atom. The smallest absolute Gasteiger partial charge is 0.323 e. The second-order valence-electron chi connectivity index (χ2n) is 5.92. The van der Waals surface area contributed by atoms with Gasteiger partial charge in [-0.15, -0.1) is 0 Å². The van der Waals surface area contributed by atoms with Gasteiger partial charge in [0.05, 0.1) is 25.9 Å². The first kappa shape index (κ1) is 16.5. The molecule has 2 heterocycles. The average molecular weight is 330 g/mol. The van der Waals surface area contributed by atoms with Crippen molar-refractivity contribution >= 4 is 17.4 Å². The third kappa shape index (κ3) is 3.14.